The fourth-order valence-corrected chi connectivity index (χ4v) is 2.19. The number of aliphatic hydroxyl groups excluding tert-OH is 1. The fraction of sp³-hybridized carbons (Fsp3) is 0.467. The molecule has 1 fully saturated rings. The van der Waals surface area contributed by atoms with E-state index >= 15 is 0 Å². The zero-order valence-electron chi connectivity index (χ0n) is 13.4. The van der Waals surface area contributed by atoms with Crippen molar-refractivity contribution in [2.24, 2.45) is 0 Å². The van der Waals surface area contributed by atoms with Gasteiger partial charge in [-0.2, -0.15) is 0 Å². The van der Waals surface area contributed by atoms with E-state index in [9.17, 15) is 9.90 Å². The van der Waals surface area contributed by atoms with Gasteiger partial charge in [0.1, 0.15) is 11.4 Å². The summed E-state index contributed by atoms with van der Waals surface area (Å²) in [6.07, 6.45) is -0.976. The zero-order valence-corrected chi connectivity index (χ0v) is 13.4. The smallest absolute Gasteiger partial charge is 0.463 e. The molecule has 0 aliphatic carbocycles. The van der Waals surface area contributed by atoms with E-state index in [4.69, 9.17) is 18.2 Å². The number of aromatic nitrogens is 1. The van der Waals surface area contributed by atoms with Crippen molar-refractivity contribution >= 4 is 19.1 Å². The number of hydrogen-bond donors (Lipinski definition) is 1. The average molecular weight is 319 g/mol. The molecule has 122 valence electrons. The highest BCUT2D eigenvalue weighted by atomic mass is 16.7. The van der Waals surface area contributed by atoms with Crippen molar-refractivity contribution in [3.63, 3.8) is 0 Å². The van der Waals surface area contributed by atoms with Gasteiger partial charge in [0.25, 0.3) is 0 Å². The monoisotopic (exact) mass is 319 g/mol. The van der Waals surface area contributed by atoms with Gasteiger partial charge in [-0.3, -0.25) is 4.79 Å². The number of carbonyl (C=O) groups is 1. The molecule has 2 aromatic heterocycles. The molecule has 0 radical (unpaired) electrons. The molecule has 0 unspecified atom stereocenters. The lowest BCUT2D eigenvalue weighted by Crippen LogP contribution is -2.41. The predicted molar refractivity (Wildman–Crippen MR) is 80.9 cm³/mol. The standard InChI is InChI=1S/C15H18BNO6/c1-14(2)15(3,4)23-16(22-14)13-6-5-11(20-13)9-7-12(21-17-9)10(19)8-18/h5-8,10,19H,1-4H3/t10-/m0/s1. The molecule has 23 heavy (non-hydrogen) atoms. The van der Waals surface area contributed by atoms with Crippen molar-refractivity contribution in [2.45, 2.75) is 45.0 Å². The zero-order chi connectivity index (χ0) is 16.8. The summed E-state index contributed by atoms with van der Waals surface area (Å²) in [5.74, 6) is 0.492. The van der Waals surface area contributed by atoms with Gasteiger partial charge >= 0.3 is 7.12 Å². The maximum Gasteiger partial charge on any atom is 0.532 e. The molecule has 0 aromatic carbocycles. The molecule has 7 nitrogen and oxygen atoms in total. The Morgan fingerprint density at radius 1 is 1.22 bits per heavy atom. The Morgan fingerprint density at radius 2 is 1.87 bits per heavy atom. The Hall–Kier alpha value is -1.90. The van der Waals surface area contributed by atoms with Crippen LogP contribution in [0.3, 0.4) is 0 Å². The number of furan rings is 1. The first kappa shape index (κ1) is 16.0. The molecule has 1 aliphatic heterocycles. The van der Waals surface area contributed by atoms with Crippen molar-refractivity contribution < 1.29 is 28.2 Å². The summed E-state index contributed by atoms with van der Waals surface area (Å²) in [5.41, 5.74) is -0.0257. The molecular formula is C15H18BNO6. The molecule has 3 rings (SSSR count). The average Bonchev–Trinajstić information content (AvgIpc) is 3.16. The summed E-state index contributed by atoms with van der Waals surface area (Å²) in [6, 6.07) is 4.89. The van der Waals surface area contributed by atoms with E-state index in [1.165, 1.54) is 6.07 Å². The lowest BCUT2D eigenvalue weighted by Gasteiger charge is -2.32. The number of aliphatic hydroxyl groups is 1. The van der Waals surface area contributed by atoms with Gasteiger partial charge in [0, 0.05) is 6.07 Å². The van der Waals surface area contributed by atoms with Gasteiger partial charge in [-0.25, -0.2) is 0 Å². The van der Waals surface area contributed by atoms with Crippen LogP contribution in [0.1, 0.15) is 39.6 Å². The van der Waals surface area contributed by atoms with E-state index in [0.29, 0.717) is 23.4 Å². The van der Waals surface area contributed by atoms with Crippen molar-refractivity contribution in [3.05, 3.63) is 24.0 Å². The summed E-state index contributed by atoms with van der Waals surface area (Å²) < 4.78 is 22.5. The van der Waals surface area contributed by atoms with Crippen LogP contribution in [0.4, 0.5) is 0 Å². The van der Waals surface area contributed by atoms with Gasteiger partial charge in [-0.05, 0) is 39.8 Å². The number of nitrogens with zero attached hydrogens (tertiary/aromatic N) is 1. The number of hydrogen-bond acceptors (Lipinski definition) is 7. The van der Waals surface area contributed by atoms with E-state index < -0.39 is 24.4 Å². The third-order valence-corrected chi connectivity index (χ3v) is 4.31. The molecule has 0 amide bonds. The third-order valence-electron chi connectivity index (χ3n) is 4.31. The van der Waals surface area contributed by atoms with Crippen molar-refractivity contribution in [2.75, 3.05) is 0 Å². The fourth-order valence-electron chi connectivity index (χ4n) is 2.19. The first-order valence-electron chi connectivity index (χ1n) is 7.29. The van der Waals surface area contributed by atoms with Crippen molar-refractivity contribution in [1.82, 2.24) is 5.16 Å². The number of carbonyl (C=O) groups excluding carboxylic acids is 1. The summed E-state index contributed by atoms with van der Waals surface area (Å²) in [7, 11) is -0.610. The SMILES string of the molecule is CC1(C)OB(c2ccc(-c3cc([C@@H](O)C=O)on3)o2)OC1(C)C. The highest BCUT2D eigenvalue weighted by Gasteiger charge is 2.53. The third kappa shape index (κ3) is 2.73. The lowest BCUT2D eigenvalue weighted by atomic mass is 9.86. The first-order valence-corrected chi connectivity index (χ1v) is 7.29. The molecule has 1 saturated heterocycles. The maximum absolute atomic E-state index is 10.6. The van der Waals surface area contributed by atoms with Crippen molar-refractivity contribution in [3.8, 4) is 11.5 Å². The van der Waals surface area contributed by atoms with Gasteiger partial charge in [-0.1, -0.05) is 5.16 Å². The van der Waals surface area contributed by atoms with Crippen LogP contribution in [0.25, 0.3) is 11.5 Å². The van der Waals surface area contributed by atoms with Crippen LogP contribution < -0.4 is 5.66 Å². The summed E-state index contributed by atoms with van der Waals surface area (Å²) in [5, 5.41) is 13.2. The molecule has 0 bridgehead atoms. The summed E-state index contributed by atoms with van der Waals surface area (Å²) in [4.78, 5) is 10.6. The second-order valence-electron chi connectivity index (χ2n) is 6.49. The summed E-state index contributed by atoms with van der Waals surface area (Å²) in [6.45, 7) is 7.84. The minimum Gasteiger partial charge on any atom is -0.463 e. The Bertz CT molecular complexity index is 703. The van der Waals surface area contributed by atoms with Gasteiger partial charge in [0.15, 0.2) is 23.9 Å². The highest BCUT2D eigenvalue weighted by Crippen LogP contribution is 2.36. The molecule has 1 N–H and O–H groups in total. The van der Waals surface area contributed by atoms with E-state index in [1.807, 2.05) is 27.7 Å². The molecular weight excluding hydrogens is 301 g/mol. The first-order chi connectivity index (χ1) is 10.7. The van der Waals surface area contributed by atoms with Crippen molar-refractivity contribution in [1.29, 1.82) is 0 Å². The van der Waals surface area contributed by atoms with Gasteiger partial charge in [-0.15, -0.1) is 0 Å². The topological polar surface area (TPSA) is 94.9 Å². The molecule has 0 spiro atoms. The predicted octanol–water partition coefficient (Wildman–Crippen LogP) is 1.47. The molecule has 1 aliphatic rings. The van der Waals surface area contributed by atoms with Crippen LogP contribution in [0.5, 0.6) is 0 Å². The Labute approximate surface area is 133 Å². The molecule has 8 heteroatoms. The maximum atomic E-state index is 10.6. The Balaban J connectivity index is 1.82. The lowest BCUT2D eigenvalue weighted by molar-refractivity contribution is -0.115. The van der Waals surface area contributed by atoms with Crippen LogP contribution >= 0.6 is 0 Å². The Morgan fingerprint density at radius 3 is 2.48 bits per heavy atom. The number of rotatable bonds is 4. The summed E-state index contributed by atoms with van der Waals surface area (Å²) >= 11 is 0. The van der Waals surface area contributed by atoms with E-state index in [-0.39, 0.29) is 5.76 Å². The van der Waals surface area contributed by atoms with Gasteiger partial charge in [0.05, 0.1) is 11.2 Å². The quantitative estimate of drug-likeness (QED) is 0.673. The van der Waals surface area contributed by atoms with E-state index in [0.717, 1.165) is 0 Å². The van der Waals surface area contributed by atoms with Crippen LogP contribution in [0, 0.1) is 0 Å². The minimum absolute atomic E-state index is 0.0589. The molecule has 3 heterocycles. The second-order valence-corrected chi connectivity index (χ2v) is 6.49. The van der Waals surface area contributed by atoms with Crippen LogP contribution in [-0.4, -0.2) is 34.9 Å². The second kappa shape index (κ2) is 5.33. The van der Waals surface area contributed by atoms with Gasteiger partial charge < -0.3 is 23.4 Å². The Kier molecular flexibility index (Phi) is 3.70. The number of aldehydes is 1. The molecule has 2 aromatic rings. The molecule has 1 atom stereocenters. The van der Waals surface area contributed by atoms with E-state index in [1.54, 1.807) is 12.1 Å². The molecule has 0 saturated carbocycles. The minimum atomic E-state index is -1.34. The van der Waals surface area contributed by atoms with Crippen LogP contribution in [0.2, 0.25) is 0 Å². The van der Waals surface area contributed by atoms with Crippen LogP contribution in [-0.2, 0) is 14.1 Å². The van der Waals surface area contributed by atoms with Crippen LogP contribution in [0.15, 0.2) is 27.1 Å². The highest BCUT2D eigenvalue weighted by molar-refractivity contribution is 6.60. The van der Waals surface area contributed by atoms with E-state index in [2.05, 4.69) is 5.16 Å². The van der Waals surface area contributed by atoms with Gasteiger partial charge in [0.2, 0.25) is 0 Å². The normalized spacial score (nSPS) is 20.7. The largest absolute Gasteiger partial charge is 0.532 e.